The minimum atomic E-state index is -0.616. The van der Waals surface area contributed by atoms with Gasteiger partial charge in [0, 0.05) is 16.4 Å². The summed E-state index contributed by atoms with van der Waals surface area (Å²) in [5, 5.41) is 12.8. The molecule has 17 heavy (non-hydrogen) atoms. The molecule has 0 heterocycles. The second-order valence-electron chi connectivity index (χ2n) is 5.35. The Hall–Kier alpha value is -0.390. The van der Waals surface area contributed by atoms with E-state index in [9.17, 15) is 9.50 Å². The minimum Gasteiger partial charge on any atom is -0.390 e. The number of halogens is 2. The maximum Gasteiger partial charge on any atom is 0.144 e. The number of hydrogen-bond acceptors (Lipinski definition) is 3. The Kier molecular flexibility index (Phi) is 3.36. The molecule has 0 saturated heterocycles. The number of aliphatic hydroxyl groups is 1. The predicted molar refractivity (Wildman–Crippen MR) is 69.1 cm³/mol. The van der Waals surface area contributed by atoms with Gasteiger partial charge in [-0.05, 0) is 25.8 Å². The van der Waals surface area contributed by atoms with Gasteiger partial charge < -0.3 is 16.2 Å². The van der Waals surface area contributed by atoms with E-state index in [0.29, 0.717) is 18.5 Å². The Labute approximate surface area is 109 Å². The predicted octanol–water partition coefficient (Wildman–Crippen LogP) is 1.93. The van der Waals surface area contributed by atoms with Crippen LogP contribution in [0.2, 0.25) is 0 Å². The van der Waals surface area contributed by atoms with Crippen LogP contribution in [-0.4, -0.2) is 22.8 Å². The number of hydrogen-bond donors (Lipinski definition) is 3. The summed E-state index contributed by atoms with van der Waals surface area (Å²) in [5.41, 5.74) is 5.85. The quantitative estimate of drug-likeness (QED) is 0.730. The van der Waals surface area contributed by atoms with Crippen LogP contribution in [-0.2, 0) is 0 Å². The van der Waals surface area contributed by atoms with E-state index in [4.69, 9.17) is 5.73 Å². The van der Waals surface area contributed by atoms with Gasteiger partial charge in [-0.25, -0.2) is 4.39 Å². The van der Waals surface area contributed by atoms with Gasteiger partial charge in [-0.3, -0.25) is 0 Å². The molecule has 2 rings (SSSR count). The van der Waals surface area contributed by atoms with Gasteiger partial charge in [0.1, 0.15) is 5.83 Å². The third kappa shape index (κ3) is 2.56. The van der Waals surface area contributed by atoms with Crippen LogP contribution in [0.25, 0.3) is 0 Å². The summed E-state index contributed by atoms with van der Waals surface area (Å²) in [7, 11) is 0. The van der Waals surface area contributed by atoms with Crippen molar-refractivity contribution in [2.75, 3.05) is 0 Å². The van der Waals surface area contributed by atoms with Gasteiger partial charge in [-0.15, -0.1) is 0 Å². The van der Waals surface area contributed by atoms with Gasteiger partial charge in [-0.1, -0.05) is 22.9 Å². The van der Waals surface area contributed by atoms with E-state index in [2.05, 4.69) is 21.2 Å². The highest BCUT2D eigenvalue weighted by Gasteiger charge is 2.40. The fourth-order valence-corrected chi connectivity index (χ4v) is 2.89. The van der Waals surface area contributed by atoms with Crippen molar-refractivity contribution in [2.24, 2.45) is 11.7 Å². The molecule has 96 valence electrons. The summed E-state index contributed by atoms with van der Waals surface area (Å²) in [6.07, 6.45) is 2.73. The minimum absolute atomic E-state index is 0.0672. The fraction of sp³-hybridized carbons (Fsp3) is 0.667. The van der Waals surface area contributed by atoms with Crippen molar-refractivity contribution in [3.05, 3.63) is 22.1 Å². The standard InChI is InChI=1S/C12H18BrFN2O/c1-6-8(13)3-9(14)11(10(6)15)16-7-4-12(2,17)5-7/h3,6-7,10,16-17H,4-5,15H2,1-2H3/t6?,7-,10?,12+. The first-order valence-electron chi connectivity index (χ1n) is 5.81. The molecule has 3 nitrogen and oxygen atoms in total. The Morgan fingerprint density at radius 3 is 2.71 bits per heavy atom. The fourth-order valence-electron chi connectivity index (χ4n) is 2.40. The molecule has 2 atom stereocenters. The Bertz CT molecular complexity index is 384. The molecule has 0 aromatic carbocycles. The first kappa shape index (κ1) is 13.1. The van der Waals surface area contributed by atoms with Gasteiger partial charge in [0.15, 0.2) is 0 Å². The highest BCUT2D eigenvalue weighted by atomic mass is 79.9. The van der Waals surface area contributed by atoms with E-state index >= 15 is 0 Å². The number of rotatable bonds is 2. The van der Waals surface area contributed by atoms with Gasteiger partial charge in [0.05, 0.1) is 17.3 Å². The zero-order valence-corrected chi connectivity index (χ0v) is 11.6. The molecular weight excluding hydrogens is 287 g/mol. The van der Waals surface area contributed by atoms with Crippen molar-refractivity contribution in [1.29, 1.82) is 0 Å². The molecule has 0 spiro atoms. The van der Waals surface area contributed by atoms with Crippen LogP contribution < -0.4 is 11.1 Å². The first-order valence-corrected chi connectivity index (χ1v) is 6.61. The Morgan fingerprint density at radius 1 is 1.59 bits per heavy atom. The highest BCUT2D eigenvalue weighted by molar-refractivity contribution is 9.11. The normalized spacial score (nSPS) is 42.0. The zero-order valence-electron chi connectivity index (χ0n) is 10.0. The summed E-state index contributed by atoms with van der Waals surface area (Å²) in [5.74, 6) is -0.244. The van der Waals surface area contributed by atoms with Crippen molar-refractivity contribution in [1.82, 2.24) is 5.32 Å². The lowest BCUT2D eigenvalue weighted by Crippen LogP contribution is -2.54. The van der Waals surface area contributed by atoms with E-state index in [1.165, 1.54) is 6.08 Å². The van der Waals surface area contributed by atoms with Gasteiger partial charge in [0.25, 0.3) is 0 Å². The summed E-state index contributed by atoms with van der Waals surface area (Å²) >= 11 is 3.32. The Balaban J connectivity index is 2.07. The van der Waals surface area contributed by atoms with E-state index in [0.717, 1.165) is 4.48 Å². The zero-order chi connectivity index (χ0) is 12.8. The average molecular weight is 305 g/mol. The molecule has 5 heteroatoms. The van der Waals surface area contributed by atoms with Gasteiger partial charge in [0.2, 0.25) is 0 Å². The molecule has 0 bridgehead atoms. The molecule has 0 aromatic heterocycles. The molecule has 0 aromatic rings. The summed E-state index contributed by atoms with van der Waals surface area (Å²) in [6.45, 7) is 3.74. The molecule has 0 aliphatic heterocycles. The number of nitrogens with two attached hydrogens (primary N) is 1. The molecule has 2 unspecified atom stereocenters. The molecule has 0 amide bonds. The van der Waals surface area contributed by atoms with Crippen LogP contribution >= 0.6 is 15.9 Å². The van der Waals surface area contributed by atoms with E-state index in [1.807, 2.05) is 6.92 Å². The molecule has 1 saturated carbocycles. The van der Waals surface area contributed by atoms with Crippen molar-refractivity contribution in [3.63, 3.8) is 0 Å². The SMILES string of the molecule is CC1C(Br)=CC(F)=C(N[C@H]2C[C@@](C)(O)C2)C1N. The maximum absolute atomic E-state index is 13.8. The topological polar surface area (TPSA) is 58.3 Å². The van der Waals surface area contributed by atoms with Crippen LogP contribution in [0.3, 0.4) is 0 Å². The molecule has 2 aliphatic carbocycles. The second kappa shape index (κ2) is 4.37. The van der Waals surface area contributed by atoms with Crippen LogP contribution in [0.15, 0.2) is 22.1 Å². The first-order chi connectivity index (χ1) is 7.80. The van der Waals surface area contributed by atoms with E-state index < -0.39 is 5.60 Å². The lowest BCUT2D eigenvalue weighted by atomic mass is 9.77. The molecule has 4 N–H and O–H groups in total. The molecular formula is C12H18BrFN2O. The smallest absolute Gasteiger partial charge is 0.144 e. The third-order valence-electron chi connectivity index (χ3n) is 3.56. The Morgan fingerprint density at radius 2 is 2.18 bits per heavy atom. The molecule has 0 radical (unpaired) electrons. The maximum atomic E-state index is 13.8. The van der Waals surface area contributed by atoms with Crippen LogP contribution in [0, 0.1) is 5.92 Å². The van der Waals surface area contributed by atoms with Gasteiger partial charge in [-0.2, -0.15) is 0 Å². The highest BCUT2D eigenvalue weighted by Crippen LogP contribution is 2.35. The third-order valence-corrected chi connectivity index (χ3v) is 4.51. The monoisotopic (exact) mass is 304 g/mol. The summed E-state index contributed by atoms with van der Waals surface area (Å²) in [6, 6.07) is -0.241. The molecule has 2 aliphatic rings. The second-order valence-corrected chi connectivity index (χ2v) is 6.27. The number of nitrogens with one attached hydrogen (secondary N) is 1. The lowest BCUT2D eigenvalue weighted by molar-refractivity contribution is -0.0370. The van der Waals surface area contributed by atoms with Crippen LogP contribution in [0.1, 0.15) is 26.7 Å². The lowest BCUT2D eigenvalue weighted by Gasteiger charge is -2.43. The largest absolute Gasteiger partial charge is 0.390 e. The van der Waals surface area contributed by atoms with Crippen molar-refractivity contribution >= 4 is 15.9 Å². The van der Waals surface area contributed by atoms with Crippen molar-refractivity contribution in [3.8, 4) is 0 Å². The van der Waals surface area contributed by atoms with Crippen LogP contribution in [0.4, 0.5) is 4.39 Å². The van der Waals surface area contributed by atoms with Gasteiger partial charge >= 0.3 is 0 Å². The van der Waals surface area contributed by atoms with Crippen LogP contribution in [0.5, 0.6) is 0 Å². The average Bonchev–Trinajstić information content (AvgIpc) is 2.18. The molecule has 1 fully saturated rings. The number of allylic oxidation sites excluding steroid dienone is 2. The van der Waals surface area contributed by atoms with E-state index in [-0.39, 0.29) is 23.8 Å². The van der Waals surface area contributed by atoms with Crippen molar-refractivity contribution in [2.45, 2.75) is 44.4 Å². The van der Waals surface area contributed by atoms with Crippen molar-refractivity contribution < 1.29 is 9.50 Å². The summed E-state index contributed by atoms with van der Waals surface area (Å²) in [4.78, 5) is 0. The summed E-state index contributed by atoms with van der Waals surface area (Å²) < 4.78 is 14.6. The van der Waals surface area contributed by atoms with E-state index in [1.54, 1.807) is 6.92 Å².